The smallest absolute Gasteiger partial charge is 0.0824 e. The molecule has 13 heavy (non-hydrogen) atoms. The van der Waals surface area contributed by atoms with Crippen molar-refractivity contribution < 1.29 is 4.74 Å². The van der Waals surface area contributed by atoms with Crippen LogP contribution in [0.1, 0.15) is 12.8 Å². The van der Waals surface area contributed by atoms with E-state index in [0.717, 1.165) is 31.9 Å². The molecular weight excluding hydrogens is 162 g/mol. The van der Waals surface area contributed by atoms with E-state index in [-0.39, 0.29) is 0 Å². The number of allylic oxidation sites excluding steroid dienone is 2. The van der Waals surface area contributed by atoms with Gasteiger partial charge in [0.05, 0.1) is 6.10 Å². The van der Waals surface area contributed by atoms with Crippen molar-refractivity contribution in [3.05, 3.63) is 24.3 Å². The molecule has 3 atom stereocenters. The SMILES string of the molecule is NCCC1CCOC2C=CC=CC12. The van der Waals surface area contributed by atoms with Crippen molar-refractivity contribution in [2.45, 2.75) is 18.9 Å². The fourth-order valence-corrected chi connectivity index (χ4v) is 2.29. The Morgan fingerprint density at radius 2 is 2.15 bits per heavy atom. The van der Waals surface area contributed by atoms with Gasteiger partial charge in [-0.15, -0.1) is 0 Å². The van der Waals surface area contributed by atoms with Crippen LogP contribution in [-0.2, 0) is 4.74 Å². The first kappa shape index (κ1) is 8.97. The van der Waals surface area contributed by atoms with E-state index in [4.69, 9.17) is 10.5 Å². The quantitative estimate of drug-likeness (QED) is 0.697. The minimum Gasteiger partial charge on any atom is -0.374 e. The van der Waals surface area contributed by atoms with Crippen molar-refractivity contribution in [2.75, 3.05) is 13.2 Å². The van der Waals surface area contributed by atoms with Gasteiger partial charge >= 0.3 is 0 Å². The van der Waals surface area contributed by atoms with Crippen molar-refractivity contribution in [3.8, 4) is 0 Å². The zero-order valence-corrected chi connectivity index (χ0v) is 7.86. The normalized spacial score (nSPS) is 37.5. The Morgan fingerprint density at radius 3 is 3.00 bits per heavy atom. The van der Waals surface area contributed by atoms with Gasteiger partial charge in [0.25, 0.3) is 0 Å². The fourth-order valence-electron chi connectivity index (χ4n) is 2.29. The van der Waals surface area contributed by atoms with Crippen LogP contribution in [0.15, 0.2) is 24.3 Å². The third-order valence-electron chi connectivity index (χ3n) is 3.01. The highest BCUT2D eigenvalue weighted by Gasteiger charge is 2.30. The van der Waals surface area contributed by atoms with E-state index in [0.29, 0.717) is 12.0 Å². The first-order chi connectivity index (χ1) is 6.42. The molecule has 2 aliphatic rings. The first-order valence-electron chi connectivity index (χ1n) is 5.08. The molecule has 1 aliphatic heterocycles. The van der Waals surface area contributed by atoms with Gasteiger partial charge in [-0.25, -0.2) is 0 Å². The molecule has 1 saturated heterocycles. The second-order valence-corrected chi connectivity index (χ2v) is 3.81. The maximum absolute atomic E-state index is 5.68. The Bertz CT molecular complexity index is 220. The molecule has 0 aromatic rings. The lowest BCUT2D eigenvalue weighted by atomic mass is 9.79. The van der Waals surface area contributed by atoms with Crippen molar-refractivity contribution >= 4 is 0 Å². The fraction of sp³-hybridized carbons (Fsp3) is 0.636. The van der Waals surface area contributed by atoms with Crippen LogP contribution in [0, 0.1) is 11.8 Å². The summed E-state index contributed by atoms with van der Waals surface area (Å²) < 4.78 is 5.68. The zero-order valence-electron chi connectivity index (χ0n) is 7.86. The average Bonchev–Trinajstić information content (AvgIpc) is 2.19. The molecule has 0 aromatic heterocycles. The van der Waals surface area contributed by atoms with Crippen LogP contribution in [0.5, 0.6) is 0 Å². The van der Waals surface area contributed by atoms with Crippen LogP contribution in [0.3, 0.4) is 0 Å². The van der Waals surface area contributed by atoms with Gasteiger partial charge < -0.3 is 10.5 Å². The number of rotatable bonds is 2. The highest BCUT2D eigenvalue weighted by Crippen LogP contribution is 2.32. The van der Waals surface area contributed by atoms with E-state index in [9.17, 15) is 0 Å². The number of hydrogen-bond donors (Lipinski definition) is 1. The van der Waals surface area contributed by atoms with Gasteiger partial charge in [0.15, 0.2) is 0 Å². The summed E-state index contributed by atoms with van der Waals surface area (Å²) in [4.78, 5) is 0. The molecule has 1 fully saturated rings. The first-order valence-corrected chi connectivity index (χ1v) is 5.08. The second kappa shape index (κ2) is 4.07. The van der Waals surface area contributed by atoms with Crippen LogP contribution >= 0.6 is 0 Å². The van der Waals surface area contributed by atoms with Gasteiger partial charge in [0.1, 0.15) is 0 Å². The van der Waals surface area contributed by atoms with Crippen LogP contribution in [0.4, 0.5) is 0 Å². The van der Waals surface area contributed by atoms with E-state index in [1.54, 1.807) is 0 Å². The lowest BCUT2D eigenvalue weighted by Crippen LogP contribution is -2.35. The van der Waals surface area contributed by atoms with Gasteiger partial charge in [0, 0.05) is 12.5 Å². The van der Waals surface area contributed by atoms with Crippen LogP contribution in [-0.4, -0.2) is 19.3 Å². The highest BCUT2D eigenvalue weighted by molar-refractivity contribution is 5.17. The topological polar surface area (TPSA) is 35.2 Å². The second-order valence-electron chi connectivity index (χ2n) is 3.81. The highest BCUT2D eigenvalue weighted by atomic mass is 16.5. The third-order valence-corrected chi connectivity index (χ3v) is 3.01. The van der Waals surface area contributed by atoms with Gasteiger partial charge in [0.2, 0.25) is 0 Å². The van der Waals surface area contributed by atoms with Gasteiger partial charge in [-0.1, -0.05) is 24.3 Å². The van der Waals surface area contributed by atoms with Crippen LogP contribution in [0.25, 0.3) is 0 Å². The van der Waals surface area contributed by atoms with Gasteiger partial charge in [-0.3, -0.25) is 0 Å². The number of hydrogen-bond acceptors (Lipinski definition) is 2. The largest absolute Gasteiger partial charge is 0.374 e. The summed E-state index contributed by atoms with van der Waals surface area (Å²) in [6.45, 7) is 1.69. The Morgan fingerprint density at radius 1 is 1.31 bits per heavy atom. The summed E-state index contributed by atoms with van der Waals surface area (Å²) >= 11 is 0. The lowest BCUT2D eigenvalue weighted by Gasteiger charge is -2.36. The molecule has 0 aromatic carbocycles. The number of fused-ring (bicyclic) bond motifs is 1. The number of ether oxygens (including phenoxy) is 1. The summed E-state index contributed by atoms with van der Waals surface area (Å²) in [5.41, 5.74) is 5.60. The molecule has 0 saturated carbocycles. The third kappa shape index (κ3) is 1.84. The van der Waals surface area contributed by atoms with Crippen molar-refractivity contribution in [1.82, 2.24) is 0 Å². The molecular formula is C11H17NO. The Hall–Kier alpha value is -0.600. The van der Waals surface area contributed by atoms with E-state index in [2.05, 4.69) is 24.3 Å². The summed E-state index contributed by atoms with van der Waals surface area (Å²) in [5, 5.41) is 0. The maximum Gasteiger partial charge on any atom is 0.0824 e. The Balaban J connectivity index is 2.04. The molecule has 1 aliphatic carbocycles. The molecule has 0 amide bonds. The molecule has 3 unspecified atom stereocenters. The average molecular weight is 179 g/mol. The Labute approximate surface area is 79.5 Å². The van der Waals surface area contributed by atoms with E-state index >= 15 is 0 Å². The summed E-state index contributed by atoms with van der Waals surface area (Å²) in [6, 6.07) is 0. The minimum absolute atomic E-state index is 0.315. The molecule has 2 heteroatoms. The lowest BCUT2D eigenvalue weighted by molar-refractivity contribution is -0.0144. The monoisotopic (exact) mass is 179 g/mol. The van der Waals surface area contributed by atoms with E-state index < -0.39 is 0 Å². The molecule has 0 bridgehead atoms. The van der Waals surface area contributed by atoms with Crippen molar-refractivity contribution in [1.29, 1.82) is 0 Å². The molecule has 2 nitrogen and oxygen atoms in total. The predicted octanol–water partition coefficient (Wildman–Crippen LogP) is 1.48. The molecule has 72 valence electrons. The standard InChI is InChI=1S/C11H17NO/c12-7-5-9-6-8-13-11-4-2-1-3-10(9)11/h1-4,9-11H,5-8,12H2. The Kier molecular flexibility index (Phi) is 2.81. The summed E-state index contributed by atoms with van der Waals surface area (Å²) in [6.07, 6.45) is 11.2. The van der Waals surface area contributed by atoms with E-state index in [1.165, 1.54) is 0 Å². The van der Waals surface area contributed by atoms with E-state index in [1.807, 2.05) is 0 Å². The van der Waals surface area contributed by atoms with Crippen LogP contribution in [0.2, 0.25) is 0 Å². The van der Waals surface area contributed by atoms with Gasteiger partial charge in [-0.05, 0) is 25.3 Å². The van der Waals surface area contributed by atoms with Crippen molar-refractivity contribution in [3.63, 3.8) is 0 Å². The maximum atomic E-state index is 5.68. The number of nitrogens with two attached hydrogens (primary N) is 1. The summed E-state index contributed by atoms with van der Waals surface area (Å²) in [7, 11) is 0. The molecule has 2 rings (SSSR count). The minimum atomic E-state index is 0.315. The molecule has 0 spiro atoms. The molecule has 2 N–H and O–H groups in total. The van der Waals surface area contributed by atoms with Crippen LogP contribution < -0.4 is 5.73 Å². The zero-order chi connectivity index (χ0) is 9.10. The van der Waals surface area contributed by atoms with Gasteiger partial charge in [-0.2, -0.15) is 0 Å². The molecule has 1 heterocycles. The summed E-state index contributed by atoms with van der Waals surface area (Å²) in [5.74, 6) is 1.30. The molecule has 0 radical (unpaired) electrons. The van der Waals surface area contributed by atoms with Crippen molar-refractivity contribution in [2.24, 2.45) is 17.6 Å². The predicted molar refractivity (Wildman–Crippen MR) is 53.3 cm³/mol.